The van der Waals surface area contributed by atoms with Crippen molar-refractivity contribution in [1.29, 1.82) is 5.41 Å². The highest BCUT2D eigenvalue weighted by Crippen LogP contribution is 2.19. The minimum Gasteiger partial charge on any atom is -0.384 e. The topological polar surface area (TPSA) is 67.7 Å². The van der Waals surface area contributed by atoms with E-state index in [1.54, 1.807) is 24.4 Å². The van der Waals surface area contributed by atoms with E-state index in [1.165, 1.54) is 12.1 Å². The van der Waals surface area contributed by atoms with Gasteiger partial charge in [-0.3, -0.25) is 5.41 Å². The van der Waals surface area contributed by atoms with Gasteiger partial charge >= 0.3 is 0 Å². The van der Waals surface area contributed by atoms with E-state index in [0.717, 1.165) is 17.0 Å². The Balaban J connectivity index is 1.91. The minimum absolute atomic E-state index is 0.0474. The molecule has 3 N–H and O–H groups in total. The lowest BCUT2D eigenvalue weighted by Gasteiger charge is -2.09. The van der Waals surface area contributed by atoms with E-state index in [9.17, 15) is 4.39 Å². The fourth-order valence-corrected chi connectivity index (χ4v) is 2.33. The summed E-state index contributed by atoms with van der Waals surface area (Å²) in [6.45, 7) is 0.605. The van der Waals surface area contributed by atoms with E-state index in [-0.39, 0.29) is 11.7 Å². The molecule has 2 aromatic carbocycles. The average molecular weight is 294 g/mol. The van der Waals surface area contributed by atoms with Gasteiger partial charge in [-0.15, -0.1) is 0 Å². The maximum Gasteiger partial charge on any atom is 0.140 e. The molecule has 0 aliphatic carbocycles. The maximum atomic E-state index is 13.0. The van der Waals surface area contributed by atoms with Crippen LogP contribution in [0.5, 0.6) is 0 Å². The molecule has 1 aromatic heterocycles. The number of nitrogens with one attached hydrogen (secondary N) is 1. The molecule has 0 amide bonds. The first kappa shape index (κ1) is 14.0. The highest BCUT2D eigenvalue weighted by Gasteiger charge is 2.07. The Hall–Kier alpha value is -2.95. The maximum absolute atomic E-state index is 13.0. The Morgan fingerprint density at radius 1 is 1.18 bits per heavy atom. The Kier molecular flexibility index (Phi) is 3.70. The molecule has 22 heavy (non-hydrogen) atoms. The summed E-state index contributed by atoms with van der Waals surface area (Å²) >= 11 is 0. The van der Waals surface area contributed by atoms with Crippen molar-refractivity contribution in [2.24, 2.45) is 5.73 Å². The number of amidine groups is 1. The third-order valence-electron chi connectivity index (χ3n) is 3.41. The van der Waals surface area contributed by atoms with Gasteiger partial charge in [0.2, 0.25) is 0 Å². The fraction of sp³-hybridized carbons (Fsp3) is 0.0588. The Morgan fingerprint density at radius 2 is 1.95 bits per heavy atom. The summed E-state index contributed by atoms with van der Waals surface area (Å²) in [4.78, 5) is 4.34. The molecule has 4 nitrogen and oxygen atoms in total. The lowest BCUT2D eigenvalue weighted by molar-refractivity contribution is 0.628. The van der Waals surface area contributed by atoms with Crippen LogP contribution < -0.4 is 5.73 Å². The number of nitrogens with two attached hydrogens (primary N) is 1. The van der Waals surface area contributed by atoms with Crippen LogP contribution in [0.4, 0.5) is 4.39 Å². The zero-order valence-corrected chi connectivity index (χ0v) is 11.8. The van der Waals surface area contributed by atoms with Gasteiger partial charge in [0.25, 0.3) is 0 Å². The molecule has 3 aromatic rings. The molecule has 1 heterocycles. The van der Waals surface area contributed by atoms with Gasteiger partial charge in [-0.05, 0) is 35.9 Å². The molecular weight excluding hydrogens is 279 g/mol. The number of hydrogen-bond acceptors (Lipinski definition) is 2. The summed E-state index contributed by atoms with van der Waals surface area (Å²) in [6, 6.07) is 13.8. The van der Waals surface area contributed by atoms with Crippen molar-refractivity contribution in [2.75, 3.05) is 0 Å². The summed E-state index contributed by atoms with van der Waals surface area (Å²) in [5, 5.41) is 7.50. The molecule has 3 rings (SSSR count). The highest BCUT2D eigenvalue weighted by molar-refractivity contribution is 5.95. The van der Waals surface area contributed by atoms with Gasteiger partial charge in [-0.2, -0.15) is 0 Å². The van der Waals surface area contributed by atoms with Crippen LogP contribution >= 0.6 is 0 Å². The SMILES string of the molecule is N=C(N)c1cccc(Cn2ccnc2-c2ccc(F)cc2)c1. The van der Waals surface area contributed by atoms with Gasteiger partial charge in [-0.25, -0.2) is 9.37 Å². The average Bonchev–Trinajstić information content (AvgIpc) is 2.96. The molecule has 0 aliphatic rings. The van der Waals surface area contributed by atoms with Gasteiger partial charge in [-0.1, -0.05) is 18.2 Å². The molecule has 0 spiro atoms. The second kappa shape index (κ2) is 5.81. The van der Waals surface area contributed by atoms with Gasteiger partial charge in [0.05, 0.1) is 0 Å². The van der Waals surface area contributed by atoms with Gasteiger partial charge in [0.15, 0.2) is 0 Å². The normalized spacial score (nSPS) is 10.6. The van der Waals surface area contributed by atoms with E-state index in [2.05, 4.69) is 4.98 Å². The Labute approximate surface area is 127 Å². The predicted octanol–water partition coefficient (Wildman–Crippen LogP) is 3.02. The van der Waals surface area contributed by atoms with Crippen LogP contribution in [-0.2, 0) is 6.54 Å². The fourth-order valence-electron chi connectivity index (χ4n) is 2.33. The van der Waals surface area contributed by atoms with Gasteiger partial charge in [0.1, 0.15) is 17.5 Å². The van der Waals surface area contributed by atoms with E-state index >= 15 is 0 Å². The van der Waals surface area contributed by atoms with E-state index < -0.39 is 0 Å². The monoisotopic (exact) mass is 294 g/mol. The molecular formula is C17H15FN4. The number of halogens is 1. The summed E-state index contributed by atoms with van der Waals surface area (Å²) in [5.74, 6) is 0.551. The second-order valence-electron chi connectivity index (χ2n) is 5.00. The number of nitrogens with zero attached hydrogens (tertiary/aromatic N) is 2. The van der Waals surface area contributed by atoms with Crippen LogP contribution in [0.3, 0.4) is 0 Å². The van der Waals surface area contributed by atoms with E-state index in [4.69, 9.17) is 11.1 Å². The van der Waals surface area contributed by atoms with Crippen molar-refractivity contribution in [3.63, 3.8) is 0 Å². The third-order valence-corrected chi connectivity index (χ3v) is 3.41. The number of rotatable bonds is 4. The smallest absolute Gasteiger partial charge is 0.140 e. The largest absolute Gasteiger partial charge is 0.384 e. The van der Waals surface area contributed by atoms with Crippen molar-refractivity contribution in [1.82, 2.24) is 9.55 Å². The molecule has 0 bridgehead atoms. The van der Waals surface area contributed by atoms with Crippen LogP contribution in [0, 0.1) is 11.2 Å². The van der Waals surface area contributed by atoms with Gasteiger partial charge < -0.3 is 10.3 Å². The molecule has 0 aliphatic heterocycles. The van der Waals surface area contributed by atoms with Crippen molar-refractivity contribution < 1.29 is 4.39 Å². The van der Waals surface area contributed by atoms with Crippen molar-refractivity contribution in [3.8, 4) is 11.4 Å². The predicted molar refractivity (Wildman–Crippen MR) is 84.2 cm³/mol. The lowest BCUT2D eigenvalue weighted by Crippen LogP contribution is -2.11. The number of benzene rings is 2. The summed E-state index contributed by atoms with van der Waals surface area (Å²) < 4.78 is 15.0. The number of nitrogen functional groups attached to an aromatic ring is 1. The molecule has 0 saturated carbocycles. The number of hydrogen-bond donors (Lipinski definition) is 2. The van der Waals surface area contributed by atoms with Gasteiger partial charge in [0, 0.05) is 30.1 Å². The van der Waals surface area contributed by atoms with Crippen LogP contribution in [0.2, 0.25) is 0 Å². The quantitative estimate of drug-likeness (QED) is 0.573. The van der Waals surface area contributed by atoms with E-state index in [1.807, 2.05) is 29.0 Å². The van der Waals surface area contributed by atoms with Crippen LogP contribution in [-0.4, -0.2) is 15.4 Å². The van der Waals surface area contributed by atoms with Crippen molar-refractivity contribution >= 4 is 5.84 Å². The first-order valence-electron chi connectivity index (χ1n) is 6.84. The van der Waals surface area contributed by atoms with Crippen LogP contribution in [0.25, 0.3) is 11.4 Å². The second-order valence-corrected chi connectivity index (χ2v) is 5.00. The van der Waals surface area contributed by atoms with Crippen molar-refractivity contribution in [3.05, 3.63) is 77.9 Å². The molecule has 0 saturated heterocycles. The first-order valence-corrected chi connectivity index (χ1v) is 6.84. The Morgan fingerprint density at radius 3 is 2.68 bits per heavy atom. The zero-order chi connectivity index (χ0) is 15.5. The van der Waals surface area contributed by atoms with Crippen molar-refractivity contribution in [2.45, 2.75) is 6.54 Å². The summed E-state index contributed by atoms with van der Waals surface area (Å²) in [6.07, 6.45) is 3.59. The summed E-state index contributed by atoms with van der Waals surface area (Å²) in [5.41, 5.74) is 8.09. The molecule has 0 radical (unpaired) electrons. The van der Waals surface area contributed by atoms with Crippen LogP contribution in [0.1, 0.15) is 11.1 Å². The first-order chi connectivity index (χ1) is 10.6. The standard InChI is InChI=1S/C17H15FN4/c18-15-6-4-13(5-7-15)17-21-8-9-22(17)11-12-2-1-3-14(10-12)16(19)20/h1-10H,11H2,(H3,19,20). The minimum atomic E-state index is -0.268. The highest BCUT2D eigenvalue weighted by atomic mass is 19.1. The van der Waals surface area contributed by atoms with Crippen LogP contribution in [0.15, 0.2) is 60.9 Å². The van der Waals surface area contributed by atoms with E-state index in [0.29, 0.717) is 12.1 Å². The molecule has 0 fully saturated rings. The summed E-state index contributed by atoms with van der Waals surface area (Å²) in [7, 11) is 0. The lowest BCUT2D eigenvalue weighted by atomic mass is 10.1. The molecule has 0 atom stereocenters. The zero-order valence-electron chi connectivity index (χ0n) is 11.8. The number of imidazole rings is 1. The molecule has 110 valence electrons. The number of aromatic nitrogens is 2. The molecule has 5 heteroatoms. The third kappa shape index (κ3) is 2.88. The Bertz CT molecular complexity index is 806. The molecule has 0 unspecified atom stereocenters.